The maximum atomic E-state index is 10.6. The number of benzene rings is 2. The summed E-state index contributed by atoms with van der Waals surface area (Å²) in [5.74, 6) is 0. The molecule has 142 valence electrons. The van der Waals surface area contributed by atoms with Gasteiger partial charge in [0.05, 0.1) is 6.20 Å². The van der Waals surface area contributed by atoms with E-state index in [0.717, 1.165) is 32.3 Å². The van der Waals surface area contributed by atoms with Gasteiger partial charge in [0.15, 0.2) is 12.7 Å². The van der Waals surface area contributed by atoms with Crippen LogP contribution in [0.15, 0.2) is 97.6 Å². The van der Waals surface area contributed by atoms with Crippen LogP contribution in [0.1, 0.15) is 11.1 Å². The van der Waals surface area contributed by atoms with Crippen molar-refractivity contribution in [3.05, 3.63) is 109 Å². The van der Waals surface area contributed by atoms with Gasteiger partial charge in [-0.15, -0.1) is 4.68 Å². The molecular formula is C23H25N4O+. The van der Waals surface area contributed by atoms with Crippen molar-refractivity contribution < 1.29 is 9.48 Å². The van der Waals surface area contributed by atoms with Crippen LogP contribution in [0, 0.1) is 0 Å². The molecule has 0 fully saturated rings. The molecule has 2 heterocycles. The molecule has 4 rings (SSSR count). The van der Waals surface area contributed by atoms with E-state index in [1.54, 1.807) is 10.9 Å². The van der Waals surface area contributed by atoms with Crippen LogP contribution >= 0.6 is 0 Å². The molecule has 0 unspecified atom stereocenters. The predicted molar refractivity (Wildman–Crippen MR) is 109 cm³/mol. The molecule has 0 N–H and O–H groups in total. The lowest BCUT2D eigenvalue weighted by atomic mass is 10.1. The summed E-state index contributed by atoms with van der Waals surface area (Å²) in [6, 6.07) is 24.5. The smallest absolute Gasteiger partial charge is 0.270 e. The first-order valence-electron chi connectivity index (χ1n) is 9.42. The second kappa shape index (κ2) is 10.6. The maximum absolute atomic E-state index is 10.6. The third-order valence-corrected chi connectivity index (χ3v) is 4.41. The summed E-state index contributed by atoms with van der Waals surface area (Å²) in [5, 5.41) is 4.15. The van der Waals surface area contributed by atoms with Gasteiger partial charge in [0, 0.05) is 31.4 Å². The maximum Gasteiger partial charge on any atom is 0.270 e. The number of aromatic nitrogens is 4. The number of aryl methyl sites for hydroxylation is 4. The van der Waals surface area contributed by atoms with E-state index in [2.05, 4.69) is 41.5 Å². The first-order valence-corrected chi connectivity index (χ1v) is 9.42. The highest BCUT2D eigenvalue weighted by molar-refractivity contribution is 5.48. The number of carbonyl (C=O) groups excluding carboxylic acids is 1. The highest BCUT2D eigenvalue weighted by Gasteiger charge is 2.06. The predicted octanol–water partition coefficient (Wildman–Crippen LogP) is 3.18. The van der Waals surface area contributed by atoms with E-state index in [0.29, 0.717) is 0 Å². The van der Waals surface area contributed by atoms with Gasteiger partial charge < -0.3 is 0 Å². The van der Waals surface area contributed by atoms with Crippen molar-refractivity contribution >= 4 is 6.41 Å². The minimum Gasteiger partial charge on any atom is -0.272 e. The molecule has 0 amide bonds. The van der Waals surface area contributed by atoms with Gasteiger partial charge >= 0.3 is 0 Å². The molecule has 0 atom stereocenters. The molecule has 28 heavy (non-hydrogen) atoms. The lowest BCUT2D eigenvalue weighted by Gasteiger charge is -2.00. The average molecular weight is 373 g/mol. The van der Waals surface area contributed by atoms with Crippen LogP contribution in [0.25, 0.3) is 0 Å². The standard InChI is InChI=1S/C12H13N2O.C11H12N2/c15-11-14-9-4-8-13(14)10-7-12-5-2-1-3-6-12;1-2-5-11(6-3-1)7-10-13-9-4-8-12-13/h1-6,8-9,11H,7,10H2;1-6,8-9H,7,10H2/q+1;. The van der Waals surface area contributed by atoms with E-state index in [1.807, 2.05) is 64.4 Å². The van der Waals surface area contributed by atoms with Crippen LogP contribution in [0.3, 0.4) is 0 Å². The number of hydrogen-bond acceptors (Lipinski definition) is 2. The number of hydrogen-bond donors (Lipinski definition) is 0. The first kappa shape index (κ1) is 19.3. The molecule has 0 bridgehead atoms. The normalized spacial score (nSPS) is 10.1. The summed E-state index contributed by atoms with van der Waals surface area (Å²) in [4.78, 5) is 10.6. The Morgan fingerprint density at radius 2 is 1.50 bits per heavy atom. The van der Waals surface area contributed by atoms with Crippen LogP contribution in [-0.4, -0.2) is 20.9 Å². The largest absolute Gasteiger partial charge is 0.272 e. The lowest BCUT2D eigenvalue weighted by molar-refractivity contribution is -0.762. The third kappa shape index (κ3) is 6.06. The molecule has 0 saturated carbocycles. The highest BCUT2D eigenvalue weighted by Crippen LogP contribution is 2.01. The molecular weight excluding hydrogens is 348 g/mol. The van der Waals surface area contributed by atoms with Gasteiger partial charge in [0.1, 0.15) is 0 Å². The zero-order valence-corrected chi connectivity index (χ0v) is 15.8. The molecule has 0 spiro atoms. The summed E-state index contributed by atoms with van der Waals surface area (Å²) in [7, 11) is 0. The van der Waals surface area contributed by atoms with Crippen molar-refractivity contribution in [3.63, 3.8) is 0 Å². The minimum atomic E-state index is 0.811. The molecule has 0 radical (unpaired) electrons. The summed E-state index contributed by atoms with van der Waals surface area (Å²) in [6.07, 6.45) is 10.2. The second-order valence-electron chi connectivity index (χ2n) is 6.38. The minimum absolute atomic E-state index is 0.811. The Kier molecular flexibility index (Phi) is 7.32. The Morgan fingerprint density at radius 1 is 0.821 bits per heavy atom. The zero-order chi connectivity index (χ0) is 19.4. The fourth-order valence-corrected chi connectivity index (χ4v) is 2.88. The van der Waals surface area contributed by atoms with E-state index in [1.165, 1.54) is 11.1 Å². The molecule has 0 aliphatic carbocycles. The monoisotopic (exact) mass is 373 g/mol. The van der Waals surface area contributed by atoms with Crippen molar-refractivity contribution in [2.45, 2.75) is 25.9 Å². The SMILES string of the molecule is O=Cn1ccc[n+]1CCc1ccccc1.c1ccc(CCn2cccn2)cc1. The van der Waals surface area contributed by atoms with Crippen LogP contribution in [-0.2, 0) is 30.7 Å². The Bertz CT molecular complexity index is 931. The summed E-state index contributed by atoms with van der Waals surface area (Å²) in [6.45, 7) is 1.77. The molecule has 5 heteroatoms. The summed E-state index contributed by atoms with van der Waals surface area (Å²) in [5.41, 5.74) is 2.64. The van der Waals surface area contributed by atoms with Gasteiger partial charge in [-0.1, -0.05) is 65.3 Å². The Morgan fingerprint density at radius 3 is 2.11 bits per heavy atom. The zero-order valence-electron chi connectivity index (χ0n) is 15.8. The molecule has 5 nitrogen and oxygen atoms in total. The van der Waals surface area contributed by atoms with Gasteiger partial charge in [-0.05, 0) is 23.6 Å². The van der Waals surface area contributed by atoms with Crippen LogP contribution in [0.5, 0.6) is 0 Å². The molecule has 4 aromatic rings. The topological polar surface area (TPSA) is 43.7 Å². The van der Waals surface area contributed by atoms with E-state index >= 15 is 0 Å². The fraction of sp³-hybridized carbons (Fsp3) is 0.174. The van der Waals surface area contributed by atoms with E-state index in [9.17, 15) is 4.79 Å². The molecule has 2 aromatic carbocycles. The Balaban J connectivity index is 0.000000162. The first-order chi connectivity index (χ1) is 13.8. The van der Waals surface area contributed by atoms with Gasteiger partial charge in [0.25, 0.3) is 6.41 Å². The van der Waals surface area contributed by atoms with E-state index in [4.69, 9.17) is 0 Å². The van der Waals surface area contributed by atoms with Crippen molar-refractivity contribution in [3.8, 4) is 0 Å². The Labute approximate surface area is 165 Å². The molecule has 0 saturated heterocycles. The fourth-order valence-electron chi connectivity index (χ4n) is 2.88. The van der Waals surface area contributed by atoms with Gasteiger partial charge in [-0.25, -0.2) is 0 Å². The van der Waals surface area contributed by atoms with Crippen molar-refractivity contribution in [2.75, 3.05) is 0 Å². The molecule has 0 aliphatic heterocycles. The van der Waals surface area contributed by atoms with Crippen molar-refractivity contribution in [2.24, 2.45) is 0 Å². The highest BCUT2D eigenvalue weighted by atomic mass is 16.1. The van der Waals surface area contributed by atoms with Gasteiger partial charge in [0.2, 0.25) is 0 Å². The van der Waals surface area contributed by atoms with Crippen molar-refractivity contribution in [1.82, 2.24) is 14.5 Å². The van der Waals surface area contributed by atoms with Crippen LogP contribution in [0.4, 0.5) is 0 Å². The summed E-state index contributed by atoms with van der Waals surface area (Å²) < 4.78 is 5.38. The number of nitrogens with zero attached hydrogens (tertiary/aromatic N) is 4. The van der Waals surface area contributed by atoms with Gasteiger partial charge in [-0.2, -0.15) is 5.10 Å². The molecule has 2 aromatic heterocycles. The van der Waals surface area contributed by atoms with Crippen molar-refractivity contribution in [1.29, 1.82) is 0 Å². The number of carbonyl (C=O) groups is 1. The lowest BCUT2D eigenvalue weighted by Crippen LogP contribution is -2.43. The van der Waals surface area contributed by atoms with Crippen LogP contribution < -0.4 is 4.68 Å². The third-order valence-electron chi connectivity index (χ3n) is 4.41. The van der Waals surface area contributed by atoms with E-state index < -0.39 is 0 Å². The average Bonchev–Trinajstić information content (AvgIpc) is 3.44. The summed E-state index contributed by atoms with van der Waals surface area (Å²) >= 11 is 0. The Hall–Kier alpha value is -3.47. The van der Waals surface area contributed by atoms with Gasteiger partial charge in [-0.3, -0.25) is 9.48 Å². The molecule has 0 aliphatic rings. The quantitative estimate of drug-likeness (QED) is 0.369. The van der Waals surface area contributed by atoms with E-state index in [-0.39, 0.29) is 0 Å². The second-order valence-corrected chi connectivity index (χ2v) is 6.38. The number of rotatable bonds is 7. The van der Waals surface area contributed by atoms with Crippen LogP contribution in [0.2, 0.25) is 0 Å².